The lowest BCUT2D eigenvalue weighted by Gasteiger charge is -2.39. The number of guanidine groups is 1. The summed E-state index contributed by atoms with van der Waals surface area (Å²) in [6.45, 7) is 14.3. The summed E-state index contributed by atoms with van der Waals surface area (Å²) in [6.07, 6.45) is -2.02. The topological polar surface area (TPSA) is 34.1 Å². The van der Waals surface area contributed by atoms with Crippen LogP contribution in [-0.2, 0) is 0 Å². The van der Waals surface area contributed by atoms with Crippen LogP contribution in [0.4, 0.5) is 13.2 Å². The first-order chi connectivity index (χ1) is 12.3. The molecule has 154 valence electrons. The highest BCUT2D eigenvalue weighted by Gasteiger charge is 2.41. The SMILES string of the molecule is CCNC(=NCCCCN(CC)CC)N1CCN(C(C)C(F)(F)F)CC1. The van der Waals surface area contributed by atoms with Crippen molar-refractivity contribution in [2.75, 3.05) is 58.9 Å². The predicted octanol–water partition coefficient (Wildman–Crippen LogP) is 2.64. The zero-order chi connectivity index (χ0) is 19.6. The van der Waals surface area contributed by atoms with Crippen LogP contribution in [0.5, 0.6) is 0 Å². The fourth-order valence-corrected chi connectivity index (χ4v) is 3.13. The molecule has 0 aromatic carbocycles. The number of aliphatic imine (C=N–C) groups is 1. The van der Waals surface area contributed by atoms with E-state index in [4.69, 9.17) is 0 Å². The molecule has 0 aliphatic carbocycles. The summed E-state index contributed by atoms with van der Waals surface area (Å²) >= 11 is 0. The number of rotatable bonds is 9. The molecule has 1 heterocycles. The first-order valence-electron chi connectivity index (χ1n) is 9.89. The van der Waals surface area contributed by atoms with Gasteiger partial charge in [0.25, 0.3) is 0 Å². The van der Waals surface area contributed by atoms with Crippen LogP contribution in [0.25, 0.3) is 0 Å². The van der Waals surface area contributed by atoms with Gasteiger partial charge in [-0.3, -0.25) is 9.89 Å². The Labute approximate surface area is 156 Å². The van der Waals surface area contributed by atoms with Crippen molar-refractivity contribution in [3.8, 4) is 0 Å². The van der Waals surface area contributed by atoms with Gasteiger partial charge < -0.3 is 15.1 Å². The summed E-state index contributed by atoms with van der Waals surface area (Å²) in [5, 5.41) is 3.27. The Morgan fingerprint density at radius 2 is 1.69 bits per heavy atom. The molecule has 26 heavy (non-hydrogen) atoms. The normalized spacial score (nSPS) is 18.5. The average Bonchev–Trinajstić information content (AvgIpc) is 2.62. The molecule has 1 saturated heterocycles. The average molecular weight is 380 g/mol. The third-order valence-electron chi connectivity index (χ3n) is 5.01. The number of piperazine rings is 1. The number of unbranched alkanes of at least 4 members (excludes halogenated alkanes) is 1. The number of nitrogens with zero attached hydrogens (tertiary/aromatic N) is 4. The van der Waals surface area contributed by atoms with Crippen LogP contribution < -0.4 is 5.32 Å². The Balaban J connectivity index is 2.45. The summed E-state index contributed by atoms with van der Waals surface area (Å²) in [5.74, 6) is 0.828. The van der Waals surface area contributed by atoms with E-state index in [2.05, 4.69) is 34.0 Å². The lowest BCUT2D eigenvalue weighted by Crippen LogP contribution is -2.56. The fraction of sp³-hybridized carbons (Fsp3) is 0.944. The highest BCUT2D eigenvalue weighted by molar-refractivity contribution is 5.80. The van der Waals surface area contributed by atoms with E-state index in [0.29, 0.717) is 26.2 Å². The maximum absolute atomic E-state index is 12.9. The van der Waals surface area contributed by atoms with Crippen LogP contribution >= 0.6 is 0 Å². The summed E-state index contributed by atoms with van der Waals surface area (Å²) in [5.41, 5.74) is 0. The van der Waals surface area contributed by atoms with E-state index in [1.807, 2.05) is 6.92 Å². The van der Waals surface area contributed by atoms with E-state index in [-0.39, 0.29) is 0 Å². The van der Waals surface area contributed by atoms with E-state index in [1.165, 1.54) is 11.8 Å². The fourth-order valence-electron chi connectivity index (χ4n) is 3.13. The van der Waals surface area contributed by atoms with Gasteiger partial charge in [-0.25, -0.2) is 0 Å². The van der Waals surface area contributed by atoms with Crippen molar-refractivity contribution in [1.29, 1.82) is 0 Å². The molecule has 1 N–H and O–H groups in total. The van der Waals surface area contributed by atoms with Gasteiger partial charge >= 0.3 is 6.18 Å². The minimum absolute atomic E-state index is 0.410. The van der Waals surface area contributed by atoms with Crippen LogP contribution in [0, 0.1) is 0 Å². The maximum atomic E-state index is 12.9. The molecule has 1 atom stereocenters. The summed E-state index contributed by atoms with van der Waals surface area (Å²) in [6, 6.07) is -1.38. The van der Waals surface area contributed by atoms with E-state index < -0.39 is 12.2 Å². The van der Waals surface area contributed by atoms with Crippen molar-refractivity contribution in [3.05, 3.63) is 0 Å². The molecular formula is C18H36F3N5. The Kier molecular flexibility index (Phi) is 10.3. The van der Waals surface area contributed by atoms with E-state index in [1.54, 1.807) is 0 Å². The van der Waals surface area contributed by atoms with Gasteiger partial charge in [-0.2, -0.15) is 13.2 Å². The van der Waals surface area contributed by atoms with Gasteiger partial charge in [0, 0.05) is 39.3 Å². The molecule has 5 nitrogen and oxygen atoms in total. The smallest absolute Gasteiger partial charge is 0.357 e. The molecular weight excluding hydrogens is 343 g/mol. The number of halogens is 3. The van der Waals surface area contributed by atoms with Crippen LogP contribution in [0.1, 0.15) is 40.5 Å². The van der Waals surface area contributed by atoms with Crippen molar-refractivity contribution in [2.45, 2.75) is 52.8 Å². The zero-order valence-corrected chi connectivity index (χ0v) is 16.8. The van der Waals surface area contributed by atoms with Crippen molar-refractivity contribution >= 4 is 5.96 Å². The van der Waals surface area contributed by atoms with Crippen molar-refractivity contribution in [2.24, 2.45) is 4.99 Å². The molecule has 1 aliphatic heterocycles. The predicted molar refractivity (Wildman–Crippen MR) is 102 cm³/mol. The molecule has 0 amide bonds. The quantitative estimate of drug-likeness (QED) is 0.379. The lowest BCUT2D eigenvalue weighted by molar-refractivity contribution is -0.181. The minimum Gasteiger partial charge on any atom is -0.357 e. The first kappa shape index (κ1) is 23.0. The summed E-state index contributed by atoms with van der Waals surface area (Å²) < 4.78 is 38.6. The highest BCUT2D eigenvalue weighted by Crippen LogP contribution is 2.25. The summed E-state index contributed by atoms with van der Waals surface area (Å²) in [7, 11) is 0. The van der Waals surface area contributed by atoms with Gasteiger partial charge in [0.15, 0.2) is 5.96 Å². The molecule has 1 rings (SSSR count). The lowest BCUT2D eigenvalue weighted by atomic mass is 10.2. The molecule has 1 aliphatic rings. The van der Waals surface area contributed by atoms with E-state index in [0.717, 1.165) is 51.5 Å². The summed E-state index contributed by atoms with van der Waals surface area (Å²) in [4.78, 5) is 10.7. The Hall–Kier alpha value is -1.02. The second-order valence-corrected chi connectivity index (χ2v) is 6.71. The Morgan fingerprint density at radius 3 is 2.19 bits per heavy atom. The van der Waals surface area contributed by atoms with Gasteiger partial charge in [0.05, 0.1) is 0 Å². The number of alkyl halides is 3. The molecule has 0 radical (unpaired) electrons. The largest absolute Gasteiger partial charge is 0.403 e. The van der Waals surface area contributed by atoms with Crippen molar-refractivity contribution in [1.82, 2.24) is 20.0 Å². The highest BCUT2D eigenvalue weighted by atomic mass is 19.4. The third kappa shape index (κ3) is 7.70. The number of nitrogens with one attached hydrogen (secondary N) is 1. The molecule has 1 fully saturated rings. The monoisotopic (exact) mass is 379 g/mol. The standard InChI is InChI=1S/C18H36F3N5/c1-5-22-17(23-10-8-9-11-24(6-2)7-3)26-14-12-25(13-15-26)16(4)18(19,20)21/h16H,5-15H2,1-4H3,(H,22,23). The van der Waals surface area contributed by atoms with Crippen LogP contribution in [0.2, 0.25) is 0 Å². The third-order valence-corrected chi connectivity index (χ3v) is 5.01. The molecule has 0 aromatic heterocycles. The first-order valence-corrected chi connectivity index (χ1v) is 9.89. The van der Waals surface area contributed by atoms with Gasteiger partial charge in [0.2, 0.25) is 0 Å². The second kappa shape index (κ2) is 11.6. The van der Waals surface area contributed by atoms with Crippen LogP contribution in [0.15, 0.2) is 4.99 Å². The van der Waals surface area contributed by atoms with Crippen LogP contribution in [0.3, 0.4) is 0 Å². The molecule has 1 unspecified atom stereocenters. The molecule has 0 aromatic rings. The molecule has 0 bridgehead atoms. The van der Waals surface area contributed by atoms with E-state index >= 15 is 0 Å². The van der Waals surface area contributed by atoms with Crippen molar-refractivity contribution in [3.63, 3.8) is 0 Å². The van der Waals surface area contributed by atoms with Crippen molar-refractivity contribution < 1.29 is 13.2 Å². The zero-order valence-electron chi connectivity index (χ0n) is 16.8. The van der Waals surface area contributed by atoms with Gasteiger partial charge in [-0.05, 0) is 46.3 Å². The number of hydrogen-bond acceptors (Lipinski definition) is 3. The Morgan fingerprint density at radius 1 is 1.08 bits per heavy atom. The molecule has 0 saturated carbocycles. The van der Waals surface area contributed by atoms with E-state index in [9.17, 15) is 13.2 Å². The van der Waals surface area contributed by atoms with Crippen LogP contribution in [-0.4, -0.2) is 91.8 Å². The maximum Gasteiger partial charge on any atom is 0.403 e. The molecule has 0 spiro atoms. The van der Waals surface area contributed by atoms with Gasteiger partial charge in [-0.1, -0.05) is 13.8 Å². The second-order valence-electron chi connectivity index (χ2n) is 6.71. The van der Waals surface area contributed by atoms with Gasteiger partial charge in [0.1, 0.15) is 6.04 Å². The van der Waals surface area contributed by atoms with Gasteiger partial charge in [-0.15, -0.1) is 0 Å². The minimum atomic E-state index is -4.16. The Bertz CT molecular complexity index is 402. The molecule has 8 heteroatoms. The number of hydrogen-bond donors (Lipinski definition) is 1.